The number of amides is 1. The van der Waals surface area contributed by atoms with Gasteiger partial charge in [0.25, 0.3) is 0 Å². The minimum absolute atomic E-state index is 0.134. The second-order valence-corrected chi connectivity index (χ2v) is 4.42. The third kappa shape index (κ3) is 3.98. The van der Waals surface area contributed by atoms with Crippen molar-refractivity contribution in [1.29, 1.82) is 0 Å². The van der Waals surface area contributed by atoms with Gasteiger partial charge in [0.2, 0.25) is 5.91 Å². The molecule has 104 valence electrons. The third-order valence-electron chi connectivity index (χ3n) is 2.83. The van der Waals surface area contributed by atoms with Gasteiger partial charge in [0.15, 0.2) is 0 Å². The Hall–Kier alpha value is -2.04. The Labute approximate surface area is 113 Å². The van der Waals surface area contributed by atoms with Crippen LogP contribution in [0.2, 0.25) is 0 Å². The molecule has 0 atom stereocenters. The van der Waals surface area contributed by atoms with Crippen molar-refractivity contribution >= 4 is 17.6 Å². The van der Waals surface area contributed by atoms with E-state index in [0.717, 1.165) is 12.0 Å². The van der Waals surface area contributed by atoms with Gasteiger partial charge in [-0.2, -0.15) is 0 Å². The van der Waals surface area contributed by atoms with Crippen LogP contribution in [0, 0.1) is 6.92 Å². The number of aryl methyl sites for hydroxylation is 1. The first-order valence-electron chi connectivity index (χ1n) is 6.29. The van der Waals surface area contributed by atoms with Gasteiger partial charge < -0.3 is 15.3 Å². The highest BCUT2D eigenvalue weighted by atomic mass is 16.4. The number of carbonyl (C=O) groups is 2. The van der Waals surface area contributed by atoms with E-state index in [-0.39, 0.29) is 18.0 Å². The summed E-state index contributed by atoms with van der Waals surface area (Å²) >= 11 is 0. The van der Waals surface area contributed by atoms with Crippen LogP contribution in [0.25, 0.3) is 0 Å². The van der Waals surface area contributed by atoms with Crippen LogP contribution in [0.3, 0.4) is 0 Å². The first-order valence-corrected chi connectivity index (χ1v) is 6.29. The largest absolute Gasteiger partial charge is 0.478 e. The predicted molar refractivity (Wildman–Crippen MR) is 74.7 cm³/mol. The fraction of sp³-hybridized carbons (Fsp3) is 0.429. The number of benzene rings is 1. The minimum Gasteiger partial charge on any atom is -0.478 e. The molecule has 0 spiro atoms. The van der Waals surface area contributed by atoms with Crippen LogP contribution in [-0.2, 0) is 4.79 Å². The van der Waals surface area contributed by atoms with E-state index in [1.807, 2.05) is 19.9 Å². The number of likely N-dealkylation sites (N-methyl/N-ethyl adjacent to an activating group) is 1. The highest BCUT2D eigenvalue weighted by Crippen LogP contribution is 2.22. The monoisotopic (exact) mass is 264 g/mol. The molecule has 2 N–H and O–H groups in total. The molecular weight excluding hydrogens is 244 g/mol. The van der Waals surface area contributed by atoms with Gasteiger partial charge in [-0.1, -0.05) is 18.6 Å². The number of carboxylic acids is 1. The summed E-state index contributed by atoms with van der Waals surface area (Å²) in [6.07, 6.45) is 0.837. The first kappa shape index (κ1) is 15.0. The molecule has 0 aromatic heterocycles. The molecule has 0 unspecified atom stereocenters. The van der Waals surface area contributed by atoms with Crippen LogP contribution >= 0.6 is 0 Å². The van der Waals surface area contributed by atoms with Crippen molar-refractivity contribution in [2.45, 2.75) is 20.3 Å². The lowest BCUT2D eigenvalue weighted by atomic mass is 10.1. The number of nitrogens with one attached hydrogen (secondary N) is 1. The van der Waals surface area contributed by atoms with E-state index >= 15 is 0 Å². The molecule has 1 aromatic carbocycles. The normalized spacial score (nSPS) is 10.1. The van der Waals surface area contributed by atoms with Crippen molar-refractivity contribution in [2.24, 2.45) is 0 Å². The van der Waals surface area contributed by atoms with E-state index in [9.17, 15) is 14.7 Å². The zero-order valence-corrected chi connectivity index (χ0v) is 11.6. The molecule has 0 saturated heterocycles. The lowest BCUT2D eigenvalue weighted by molar-refractivity contribution is -0.119. The van der Waals surface area contributed by atoms with Crippen LogP contribution < -0.4 is 10.2 Å². The highest BCUT2D eigenvalue weighted by Gasteiger charge is 2.17. The van der Waals surface area contributed by atoms with E-state index in [4.69, 9.17) is 0 Å². The molecule has 1 aromatic rings. The summed E-state index contributed by atoms with van der Waals surface area (Å²) in [7, 11) is 1.57. The molecule has 0 aliphatic carbocycles. The second kappa shape index (κ2) is 6.78. The standard InChI is InChI=1S/C14H20N2O3/c1-4-7-16(9-13(17)15-3)12-6-5-10(2)8-11(12)14(18)19/h5-6,8H,4,7,9H2,1-3H3,(H,15,17)(H,18,19). The Balaban J connectivity index is 3.14. The van der Waals surface area contributed by atoms with E-state index in [1.165, 1.54) is 0 Å². The average Bonchev–Trinajstić information content (AvgIpc) is 2.38. The molecular formula is C14H20N2O3. The van der Waals surface area contributed by atoms with Crippen molar-refractivity contribution < 1.29 is 14.7 Å². The number of aromatic carboxylic acids is 1. The summed E-state index contributed by atoms with van der Waals surface area (Å²) in [4.78, 5) is 24.6. The maximum absolute atomic E-state index is 11.5. The molecule has 0 heterocycles. The highest BCUT2D eigenvalue weighted by molar-refractivity contribution is 5.95. The van der Waals surface area contributed by atoms with Crippen LogP contribution in [-0.4, -0.2) is 37.1 Å². The van der Waals surface area contributed by atoms with Gasteiger partial charge in [0.05, 0.1) is 17.8 Å². The van der Waals surface area contributed by atoms with E-state index in [2.05, 4.69) is 5.32 Å². The molecule has 1 rings (SSSR count). The Morgan fingerprint density at radius 1 is 1.37 bits per heavy atom. The Morgan fingerprint density at radius 3 is 2.58 bits per heavy atom. The smallest absolute Gasteiger partial charge is 0.337 e. The molecule has 0 radical (unpaired) electrons. The van der Waals surface area contributed by atoms with Gasteiger partial charge in [0, 0.05) is 13.6 Å². The lowest BCUT2D eigenvalue weighted by Crippen LogP contribution is -2.37. The number of carbonyl (C=O) groups excluding carboxylic acids is 1. The maximum Gasteiger partial charge on any atom is 0.337 e. The molecule has 1 amide bonds. The number of carboxylic acid groups (broad SMARTS) is 1. The van der Waals surface area contributed by atoms with Crippen LogP contribution in [0.15, 0.2) is 18.2 Å². The second-order valence-electron chi connectivity index (χ2n) is 4.42. The quantitative estimate of drug-likeness (QED) is 0.819. The number of hydrogen-bond acceptors (Lipinski definition) is 3. The van der Waals surface area contributed by atoms with Gasteiger partial charge in [-0.15, -0.1) is 0 Å². The number of anilines is 1. The number of rotatable bonds is 6. The molecule has 5 heteroatoms. The van der Waals surface area contributed by atoms with Crippen LogP contribution in [0.5, 0.6) is 0 Å². The summed E-state index contributed by atoms with van der Waals surface area (Å²) in [6, 6.07) is 5.25. The molecule has 0 aliphatic heterocycles. The topological polar surface area (TPSA) is 69.6 Å². The van der Waals surface area contributed by atoms with Crippen LogP contribution in [0.4, 0.5) is 5.69 Å². The fourth-order valence-electron chi connectivity index (χ4n) is 1.90. The number of hydrogen-bond donors (Lipinski definition) is 2. The van der Waals surface area contributed by atoms with E-state index in [0.29, 0.717) is 12.2 Å². The number of nitrogens with zero attached hydrogens (tertiary/aromatic N) is 1. The van der Waals surface area contributed by atoms with Crippen molar-refractivity contribution in [3.05, 3.63) is 29.3 Å². The molecule has 0 fully saturated rings. The van der Waals surface area contributed by atoms with Gasteiger partial charge in [0.1, 0.15) is 0 Å². The lowest BCUT2D eigenvalue weighted by Gasteiger charge is -2.25. The van der Waals surface area contributed by atoms with Crippen molar-refractivity contribution in [2.75, 3.05) is 25.0 Å². The summed E-state index contributed by atoms with van der Waals surface area (Å²) in [5, 5.41) is 11.8. The SMILES string of the molecule is CCCN(CC(=O)NC)c1ccc(C)cc1C(=O)O. The zero-order valence-electron chi connectivity index (χ0n) is 11.6. The maximum atomic E-state index is 11.5. The summed E-state index contributed by atoms with van der Waals surface area (Å²) < 4.78 is 0. The fourth-order valence-corrected chi connectivity index (χ4v) is 1.90. The Morgan fingerprint density at radius 2 is 2.05 bits per heavy atom. The summed E-state index contributed by atoms with van der Waals surface area (Å²) in [6.45, 7) is 4.63. The van der Waals surface area contributed by atoms with Crippen molar-refractivity contribution in [1.82, 2.24) is 5.32 Å². The minimum atomic E-state index is -0.975. The van der Waals surface area contributed by atoms with E-state index < -0.39 is 5.97 Å². The molecule has 0 bridgehead atoms. The first-order chi connectivity index (χ1) is 8.99. The summed E-state index contributed by atoms with van der Waals surface area (Å²) in [5.41, 5.74) is 1.71. The van der Waals surface area contributed by atoms with Gasteiger partial charge in [-0.3, -0.25) is 4.79 Å². The third-order valence-corrected chi connectivity index (χ3v) is 2.83. The molecule has 5 nitrogen and oxygen atoms in total. The van der Waals surface area contributed by atoms with Crippen LogP contribution in [0.1, 0.15) is 29.3 Å². The molecule has 0 saturated carbocycles. The van der Waals surface area contributed by atoms with Crippen molar-refractivity contribution in [3.8, 4) is 0 Å². The van der Waals surface area contributed by atoms with Gasteiger partial charge >= 0.3 is 5.97 Å². The Kier molecular flexibility index (Phi) is 5.36. The van der Waals surface area contributed by atoms with Crippen molar-refractivity contribution in [3.63, 3.8) is 0 Å². The van der Waals surface area contributed by atoms with Gasteiger partial charge in [-0.05, 0) is 25.5 Å². The average molecular weight is 264 g/mol. The van der Waals surface area contributed by atoms with E-state index in [1.54, 1.807) is 24.1 Å². The Bertz CT molecular complexity index is 472. The zero-order chi connectivity index (χ0) is 14.4. The summed E-state index contributed by atoms with van der Waals surface area (Å²) in [5.74, 6) is -1.11. The molecule has 19 heavy (non-hydrogen) atoms. The molecule has 0 aliphatic rings. The van der Waals surface area contributed by atoms with Gasteiger partial charge in [-0.25, -0.2) is 4.79 Å². The predicted octanol–water partition coefficient (Wildman–Crippen LogP) is 1.66.